The first-order chi connectivity index (χ1) is 8.69. The summed E-state index contributed by atoms with van der Waals surface area (Å²) in [4.78, 5) is 12.9. The number of rotatable bonds is 7. The Bertz CT molecular complexity index is 407. The molecule has 0 saturated heterocycles. The number of anilines is 1. The number of carbonyl (C=O) groups excluding carboxylic acids is 1. The molecular weight excluding hydrogens is 244 g/mol. The van der Waals surface area contributed by atoms with E-state index in [9.17, 15) is 4.79 Å². The van der Waals surface area contributed by atoms with Crippen molar-refractivity contribution in [2.45, 2.75) is 30.7 Å². The zero-order valence-electron chi connectivity index (χ0n) is 10.7. The number of hydrogen-bond donors (Lipinski definition) is 2. The summed E-state index contributed by atoms with van der Waals surface area (Å²) < 4.78 is 0. The molecule has 1 amide bonds. The van der Waals surface area contributed by atoms with Crippen LogP contribution in [0.5, 0.6) is 0 Å². The first kappa shape index (κ1) is 14.8. The van der Waals surface area contributed by atoms with E-state index in [0.717, 1.165) is 22.8 Å². The number of thioether (sulfide) groups is 1. The molecule has 0 fully saturated rings. The predicted molar refractivity (Wildman–Crippen MR) is 78.9 cm³/mol. The normalized spacial score (nSPS) is 11.9. The van der Waals surface area contributed by atoms with Gasteiger partial charge in [-0.05, 0) is 18.6 Å². The molecule has 18 heavy (non-hydrogen) atoms. The highest BCUT2D eigenvalue weighted by Crippen LogP contribution is 2.27. The number of para-hydroxylation sites is 1. The van der Waals surface area contributed by atoms with Crippen LogP contribution in [0.1, 0.15) is 19.8 Å². The quantitative estimate of drug-likeness (QED) is 0.588. The average Bonchev–Trinajstić information content (AvgIpc) is 2.38. The van der Waals surface area contributed by atoms with Crippen molar-refractivity contribution in [3.63, 3.8) is 0 Å². The Morgan fingerprint density at radius 1 is 1.56 bits per heavy atom. The fourth-order valence-corrected chi connectivity index (χ4v) is 2.26. The lowest BCUT2D eigenvalue weighted by atomic mass is 10.1. The molecule has 1 aromatic rings. The number of benzene rings is 1. The van der Waals surface area contributed by atoms with Crippen molar-refractivity contribution < 1.29 is 4.79 Å². The summed E-state index contributed by atoms with van der Waals surface area (Å²) in [6.07, 6.45) is 3.45. The molecule has 0 radical (unpaired) electrons. The van der Waals surface area contributed by atoms with Crippen molar-refractivity contribution in [3.8, 4) is 0 Å². The Labute approximate surface area is 113 Å². The fourth-order valence-electron chi connectivity index (χ4n) is 1.51. The fraction of sp³-hybridized carbons (Fsp3) is 0.357. The van der Waals surface area contributed by atoms with E-state index in [1.54, 1.807) is 11.8 Å². The van der Waals surface area contributed by atoms with Gasteiger partial charge in [0, 0.05) is 10.6 Å². The second-order valence-electron chi connectivity index (χ2n) is 3.98. The van der Waals surface area contributed by atoms with Crippen LogP contribution in [0.15, 0.2) is 41.8 Å². The third kappa shape index (κ3) is 4.55. The third-order valence-corrected chi connectivity index (χ3v) is 3.51. The third-order valence-electron chi connectivity index (χ3n) is 2.44. The van der Waals surface area contributed by atoms with Gasteiger partial charge in [0.2, 0.25) is 5.91 Å². The van der Waals surface area contributed by atoms with Crippen molar-refractivity contribution in [2.24, 2.45) is 5.73 Å². The van der Waals surface area contributed by atoms with Gasteiger partial charge in [-0.1, -0.05) is 31.6 Å². The number of nitrogens with one attached hydrogen (secondary N) is 1. The molecule has 3 nitrogen and oxygen atoms in total. The van der Waals surface area contributed by atoms with Crippen molar-refractivity contribution >= 4 is 23.4 Å². The second kappa shape index (κ2) is 7.95. The Kier molecular flexibility index (Phi) is 6.54. The highest BCUT2D eigenvalue weighted by atomic mass is 32.2. The molecule has 1 rings (SSSR count). The largest absolute Gasteiger partial charge is 0.324 e. The van der Waals surface area contributed by atoms with E-state index < -0.39 is 6.04 Å². The summed E-state index contributed by atoms with van der Waals surface area (Å²) in [6.45, 7) is 5.71. The first-order valence-electron chi connectivity index (χ1n) is 6.08. The van der Waals surface area contributed by atoms with Gasteiger partial charge in [-0.25, -0.2) is 0 Å². The Hall–Kier alpha value is -1.26. The van der Waals surface area contributed by atoms with Crippen LogP contribution in [-0.2, 0) is 4.79 Å². The summed E-state index contributed by atoms with van der Waals surface area (Å²) >= 11 is 1.64. The molecule has 0 unspecified atom stereocenters. The Morgan fingerprint density at radius 3 is 2.94 bits per heavy atom. The molecule has 3 N–H and O–H groups in total. The van der Waals surface area contributed by atoms with Gasteiger partial charge in [-0.3, -0.25) is 4.79 Å². The summed E-state index contributed by atoms with van der Waals surface area (Å²) in [7, 11) is 0. The summed E-state index contributed by atoms with van der Waals surface area (Å²) in [5.41, 5.74) is 6.61. The number of hydrogen-bond acceptors (Lipinski definition) is 3. The molecule has 0 aliphatic heterocycles. The van der Waals surface area contributed by atoms with Gasteiger partial charge in [0.25, 0.3) is 0 Å². The molecule has 1 atom stereocenters. The number of carbonyl (C=O) groups is 1. The second-order valence-corrected chi connectivity index (χ2v) is 5.04. The molecule has 98 valence electrons. The molecular formula is C14H20N2OS. The molecule has 0 aromatic heterocycles. The minimum Gasteiger partial charge on any atom is -0.324 e. The van der Waals surface area contributed by atoms with Crippen LogP contribution in [0.3, 0.4) is 0 Å². The first-order valence-corrected chi connectivity index (χ1v) is 7.06. The highest BCUT2D eigenvalue weighted by Gasteiger charge is 2.13. The Balaban J connectivity index is 2.70. The molecule has 0 saturated carbocycles. The monoisotopic (exact) mass is 264 g/mol. The summed E-state index contributed by atoms with van der Waals surface area (Å²) in [5.74, 6) is 0.692. The van der Waals surface area contributed by atoms with E-state index >= 15 is 0 Å². The zero-order chi connectivity index (χ0) is 13.4. The standard InChI is InChI=1S/C14H20N2OS/c1-3-7-11(15)14(17)16-12-8-5-6-9-13(12)18-10-4-2/h4-6,8-9,11H,2-3,7,10,15H2,1H3,(H,16,17)/t11-/m0/s1. The minimum atomic E-state index is -0.438. The van der Waals surface area contributed by atoms with Crippen LogP contribution < -0.4 is 11.1 Å². The van der Waals surface area contributed by atoms with E-state index in [1.807, 2.05) is 37.3 Å². The molecule has 4 heteroatoms. The average molecular weight is 264 g/mol. The van der Waals surface area contributed by atoms with Crippen LogP contribution in [0.4, 0.5) is 5.69 Å². The maximum Gasteiger partial charge on any atom is 0.241 e. The Morgan fingerprint density at radius 2 is 2.28 bits per heavy atom. The highest BCUT2D eigenvalue weighted by molar-refractivity contribution is 7.99. The van der Waals surface area contributed by atoms with Gasteiger partial charge >= 0.3 is 0 Å². The molecule has 0 aliphatic rings. The van der Waals surface area contributed by atoms with Crippen LogP contribution >= 0.6 is 11.8 Å². The van der Waals surface area contributed by atoms with Crippen LogP contribution in [-0.4, -0.2) is 17.7 Å². The maximum atomic E-state index is 11.9. The predicted octanol–water partition coefficient (Wildman–Crippen LogP) is 3.03. The molecule has 1 aromatic carbocycles. The van der Waals surface area contributed by atoms with E-state index in [2.05, 4.69) is 11.9 Å². The molecule has 0 heterocycles. The molecule has 0 spiro atoms. The molecule has 0 bridgehead atoms. The van der Waals surface area contributed by atoms with Gasteiger partial charge in [-0.2, -0.15) is 0 Å². The lowest BCUT2D eigenvalue weighted by Crippen LogP contribution is -2.35. The van der Waals surface area contributed by atoms with E-state index in [1.165, 1.54) is 0 Å². The van der Waals surface area contributed by atoms with Crippen LogP contribution in [0.25, 0.3) is 0 Å². The van der Waals surface area contributed by atoms with E-state index in [0.29, 0.717) is 6.42 Å². The smallest absolute Gasteiger partial charge is 0.241 e. The van der Waals surface area contributed by atoms with E-state index in [4.69, 9.17) is 5.73 Å². The van der Waals surface area contributed by atoms with Crippen molar-refractivity contribution in [3.05, 3.63) is 36.9 Å². The maximum absolute atomic E-state index is 11.9. The van der Waals surface area contributed by atoms with Gasteiger partial charge < -0.3 is 11.1 Å². The minimum absolute atomic E-state index is 0.122. The topological polar surface area (TPSA) is 55.1 Å². The summed E-state index contributed by atoms with van der Waals surface area (Å²) in [6, 6.07) is 7.29. The van der Waals surface area contributed by atoms with Gasteiger partial charge in [0.05, 0.1) is 11.7 Å². The zero-order valence-corrected chi connectivity index (χ0v) is 11.5. The van der Waals surface area contributed by atoms with Crippen LogP contribution in [0, 0.1) is 0 Å². The lowest BCUT2D eigenvalue weighted by Gasteiger charge is -2.13. The SMILES string of the molecule is C=CCSc1ccccc1NC(=O)[C@@H](N)CCC. The van der Waals surface area contributed by atoms with Crippen molar-refractivity contribution in [2.75, 3.05) is 11.1 Å². The lowest BCUT2D eigenvalue weighted by molar-refractivity contribution is -0.117. The number of nitrogens with two attached hydrogens (primary N) is 1. The van der Waals surface area contributed by atoms with E-state index in [-0.39, 0.29) is 5.91 Å². The number of amides is 1. The van der Waals surface area contributed by atoms with Crippen molar-refractivity contribution in [1.82, 2.24) is 0 Å². The summed E-state index contributed by atoms with van der Waals surface area (Å²) in [5, 5.41) is 2.88. The van der Waals surface area contributed by atoms with Crippen molar-refractivity contribution in [1.29, 1.82) is 0 Å². The van der Waals surface area contributed by atoms with Crippen LogP contribution in [0.2, 0.25) is 0 Å². The van der Waals surface area contributed by atoms with Gasteiger partial charge in [0.1, 0.15) is 0 Å². The molecule has 0 aliphatic carbocycles. The van der Waals surface area contributed by atoms with Gasteiger partial charge in [0.15, 0.2) is 0 Å². The van der Waals surface area contributed by atoms with Gasteiger partial charge in [-0.15, -0.1) is 18.3 Å².